The molecular formula is C22H20N4S. The number of para-hydroxylation sites is 1. The van der Waals surface area contributed by atoms with Crippen LogP contribution in [0.1, 0.15) is 11.1 Å². The summed E-state index contributed by atoms with van der Waals surface area (Å²) in [7, 11) is 0. The highest BCUT2D eigenvalue weighted by atomic mass is 32.1. The van der Waals surface area contributed by atoms with Crippen LogP contribution in [0.4, 0.5) is 16.5 Å². The van der Waals surface area contributed by atoms with Crippen LogP contribution in [0.25, 0.3) is 10.2 Å². The minimum Gasteiger partial charge on any atom is -0.326 e. The van der Waals surface area contributed by atoms with Gasteiger partial charge in [-0.1, -0.05) is 58.9 Å². The van der Waals surface area contributed by atoms with E-state index in [1.54, 1.807) is 11.3 Å². The number of aromatic nitrogens is 1. The average Bonchev–Trinajstić information content (AvgIpc) is 3.09. The van der Waals surface area contributed by atoms with Crippen LogP contribution in [0, 0.1) is 19.3 Å². The number of hydrogen-bond donors (Lipinski definition) is 2. The van der Waals surface area contributed by atoms with Gasteiger partial charge in [0.25, 0.3) is 0 Å². The van der Waals surface area contributed by atoms with Crippen molar-refractivity contribution >= 4 is 44.0 Å². The van der Waals surface area contributed by atoms with Gasteiger partial charge in [-0.3, -0.25) is 10.3 Å². The molecule has 27 heavy (non-hydrogen) atoms. The summed E-state index contributed by atoms with van der Waals surface area (Å²) in [5, 5.41) is 12.7. The van der Waals surface area contributed by atoms with Crippen LogP contribution in [0.5, 0.6) is 0 Å². The van der Waals surface area contributed by atoms with Crippen LogP contribution < -0.4 is 10.2 Å². The van der Waals surface area contributed by atoms with Gasteiger partial charge in [-0.05, 0) is 50.2 Å². The maximum absolute atomic E-state index is 8.72. The van der Waals surface area contributed by atoms with Crippen molar-refractivity contribution in [1.29, 1.82) is 5.41 Å². The van der Waals surface area contributed by atoms with Crippen LogP contribution in [0.3, 0.4) is 0 Å². The molecule has 0 saturated heterocycles. The smallest absolute Gasteiger partial charge is 0.206 e. The van der Waals surface area contributed by atoms with Crippen LogP contribution in [-0.2, 0) is 0 Å². The fraction of sp³-hybridized carbons (Fsp3) is 0.0909. The third kappa shape index (κ3) is 3.68. The number of anilines is 3. The van der Waals surface area contributed by atoms with E-state index in [9.17, 15) is 0 Å². The van der Waals surface area contributed by atoms with Crippen LogP contribution in [0.2, 0.25) is 0 Å². The molecule has 4 rings (SSSR count). The van der Waals surface area contributed by atoms with Crippen LogP contribution in [-0.4, -0.2) is 10.9 Å². The van der Waals surface area contributed by atoms with Gasteiger partial charge < -0.3 is 5.32 Å². The molecule has 0 bridgehead atoms. The van der Waals surface area contributed by atoms with Gasteiger partial charge in [0.1, 0.15) is 0 Å². The molecule has 134 valence electrons. The molecular weight excluding hydrogens is 352 g/mol. The highest BCUT2D eigenvalue weighted by Crippen LogP contribution is 2.33. The molecule has 0 spiro atoms. The highest BCUT2D eigenvalue weighted by Gasteiger charge is 2.19. The standard InChI is InChI=1S/C22H20N4S/c1-15-7-11-17(12-8-15)24-21(23)26(18-13-9-16(2)10-14-18)22-25-19-5-3-4-6-20(19)27-22/h3-14H,1-2H3,(H2,23,24). The second-order valence-corrected chi connectivity index (χ2v) is 7.48. The Morgan fingerprint density at radius 3 is 2.19 bits per heavy atom. The molecule has 0 aliphatic rings. The predicted octanol–water partition coefficient (Wildman–Crippen LogP) is 6.10. The zero-order valence-electron chi connectivity index (χ0n) is 15.2. The summed E-state index contributed by atoms with van der Waals surface area (Å²) >= 11 is 1.58. The summed E-state index contributed by atoms with van der Waals surface area (Å²) in [6.45, 7) is 4.11. The Balaban J connectivity index is 1.74. The number of thiazole rings is 1. The minimum atomic E-state index is 0.266. The summed E-state index contributed by atoms with van der Waals surface area (Å²) in [4.78, 5) is 6.60. The van der Waals surface area contributed by atoms with Gasteiger partial charge in [-0.15, -0.1) is 0 Å². The van der Waals surface area contributed by atoms with Crippen molar-refractivity contribution in [1.82, 2.24) is 4.98 Å². The molecule has 1 aromatic heterocycles. The Morgan fingerprint density at radius 2 is 1.52 bits per heavy atom. The number of rotatable bonds is 3. The molecule has 1 heterocycles. The summed E-state index contributed by atoms with van der Waals surface area (Å²) in [5.74, 6) is 0.266. The lowest BCUT2D eigenvalue weighted by Crippen LogP contribution is -2.31. The average molecular weight is 372 g/mol. The van der Waals surface area contributed by atoms with Crippen molar-refractivity contribution in [3.63, 3.8) is 0 Å². The Labute approximate surface area is 162 Å². The molecule has 0 amide bonds. The summed E-state index contributed by atoms with van der Waals surface area (Å²) in [6.07, 6.45) is 0. The monoisotopic (exact) mass is 372 g/mol. The second kappa shape index (κ2) is 7.21. The van der Waals surface area contributed by atoms with E-state index in [0.717, 1.165) is 26.7 Å². The lowest BCUT2D eigenvalue weighted by Gasteiger charge is -2.23. The number of guanidine groups is 1. The third-order valence-electron chi connectivity index (χ3n) is 4.30. The number of nitrogens with zero attached hydrogens (tertiary/aromatic N) is 2. The fourth-order valence-electron chi connectivity index (χ4n) is 2.81. The number of nitrogens with one attached hydrogen (secondary N) is 2. The molecule has 0 atom stereocenters. The molecule has 0 aliphatic heterocycles. The van der Waals surface area contributed by atoms with E-state index in [4.69, 9.17) is 10.4 Å². The number of benzene rings is 3. The van der Waals surface area contributed by atoms with Crippen LogP contribution >= 0.6 is 11.3 Å². The molecule has 4 aromatic rings. The molecule has 4 nitrogen and oxygen atoms in total. The summed E-state index contributed by atoms with van der Waals surface area (Å²) in [5.41, 5.74) is 5.10. The zero-order chi connectivity index (χ0) is 18.8. The zero-order valence-corrected chi connectivity index (χ0v) is 16.0. The van der Waals surface area contributed by atoms with Gasteiger partial charge in [0, 0.05) is 5.69 Å². The Bertz CT molecular complexity index is 1050. The van der Waals surface area contributed by atoms with E-state index in [1.165, 1.54) is 11.1 Å². The SMILES string of the molecule is Cc1ccc(NC(=N)N(c2ccc(C)cc2)c2nc3ccccc3s2)cc1. The van der Waals surface area contributed by atoms with Crippen molar-refractivity contribution in [2.24, 2.45) is 0 Å². The first kappa shape index (κ1) is 17.2. The first-order valence-corrected chi connectivity index (χ1v) is 9.56. The topological polar surface area (TPSA) is 52.0 Å². The quantitative estimate of drug-likeness (QED) is 0.337. The Morgan fingerprint density at radius 1 is 0.889 bits per heavy atom. The first-order chi connectivity index (χ1) is 13.1. The van der Waals surface area contributed by atoms with Crippen molar-refractivity contribution in [3.8, 4) is 0 Å². The van der Waals surface area contributed by atoms with E-state index in [2.05, 4.69) is 37.4 Å². The molecule has 2 N–H and O–H groups in total. The molecule has 0 radical (unpaired) electrons. The maximum atomic E-state index is 8.72. The molecule has 5 heteroatoms. The minimum absolute atomic E-state index is 0.266. The van der Waals surface area contributed by atoms with Gasteiger partial charge >= 0.3 is 0 Å². The number of hydrogen-bond acceptors (Lipinski definition) is 3. The molecule has 0 fully saturated rings. The van der Waals surface area contributed by atoms with Crippen molar-refractivity contribution < 1.29 is 0 Å². The third-order valence-corrected chi connectivity index (χ3v) is 5.33. The molecule has 0 saturated carbocycles. The maximum Gasteiger partial charge on any atom is 0.206 e. The van der Waals surface area contributed by atoms with E-state index >= 15 is 0 Å². The lowest BCUT2D eigenvalue weighted by molar-refractivity contribution is 1.24. The van der Waals surface area contributed by atoms with Crippen molar-refractivity contribution in [3.05, 3.63) is 83.9 Å². The van der Waals surface area contributed by atoms with Gasteiger partial charge in [0.15, 0.2) is 5.13 Å². The van der Waals surface area contributed by atoms with Crippen molar-refractivity contribution in [2.45, 2.75) is 13.8 Å². The van der Waals surface area contributed by atoms with E-state index in [1.807, 2.05) is 59.5 Å². The van der Waals surface area contributed by atoms with Gasteiger partial charge in [-0.25, -0.2) is 4.98 Å². The molecule has 3 aromatic carbocycles. The normalized spacial score (nSPS) is 10.7. The Kier molecular flexibility index (Phi) is 4.60. The number of aryl methyl sites for hydroxylation is 2. The van der Waals surface area contributed by atoms with Gasteiger partial charge in [0.2, 0.25) is 5.96 Å². The Hall–Kier alpha value is -3.18. The molecule has 0 unspecified atom stereocenters. The van der Waals surface area contributed by atoms with Gasteiger partial charge in [-0.2, -0.15) is 0 Å². The first-order valence-electron chi connectivity index (χ1n) is 8.75. The molecule has 0 aliphatic carbocycles. The van der Waals surface area contributed by atoms with E-state index < -0.39 is 0 Å². The van der Waals surface area contributed by atoms with Gasteiger partial charge in [0.05, 0.1) is 15.9 Å². The van der Waals surface area contributed by atoms with Crippen LogP contribution in [0.15, 0.2) is 72.8 Å². The lowest BCUT2D eigenvalue weighted by atomic mass is 10.2. The highest BCUT2D eigenvalue weighted by molar-refractivity contribution is 7.22. The predicted molar refractivity (Wildman–Crippen MR) is 115 cm³/mol. The number of fused-ring (bicyclic) bond motifs is 1. The largest absolute Gasteiger partial charge is 0.326 e. The van der Waals surface area contributed by atoms with E-state index in [0.29, 0.717) is 0 Å². The second-order valence-electron chi connectivity index (χ2n) is 6.47. The summed E-state index contributed by atoms with van der Waals surface area (Å²) in [6, 6.07) is 24.2. The fourth-order valence-corrected chi connectivity index (χ4v) is 3.81. The van der Waals surface area contributed by atoms with Crippen molar-refractivity contribution in [2.75, 3.05) is 10.2 Å². The summed E-state index contributed by atoms with van der Waals surface area (Å²) < 4.78 is 1.10. The van der Waals surface area contributed by atoms with E-state index in [-0.39, 0.29) is 5.96 Å².